The van der Waals surface area contributed by atoms with E-state index in [9.17, 15) is 0 Å². The molecule has 3 heteroatoms. The van der Waals surface area contributed by atoms with E-state index >= 15 is 0 Å². The Labute approximate surface area is 68.5 Å². The maximum Gasteiger partial charge on any atom is 0.0886 e. The number of hydrogen-bond acceptors (Lipinski definition) is 2. The van der Waals surface area contributed by atoms with Crippen molar-refractivity contribution in [2.75, 3.05) is 0 Å². The van der Waals surface area contributed by atoms with Crippen molar-refractivity contribution < 1.29 is 0 Å². The predicted octanol–water partition coefficient (Wildman–Crippen LogP) is 0.714. The summed E-state index contributed by atoms with van der Waals surface area (Å²) in [5, 5.41) is 0. The molecule has 0 aliphatic rings. The van der Waals surface area contributed by atoms with Crippen LogP contribution in [0, 0.1) is 0 Å². The molecular weight excluding hydrogens is 133 g/mol. The van der Waals surface area contributed by atoms with E-state index < -0.39 is 0 Å². The first-order chi connectivity index (χ1) is 4.97. The average Bonchev–Trinajstić information content (AvgIpc) is 2.05. The Hall–Kier alpha value is -1.27. The average molecular weight is 141 g/mol. The third-order valence-corrected chi connectivity index (χ3v) is 1.38. The first-order valence-electron chi connectivity index (χ1n) is 3.12. The second kappa shape index (κ2) is 3.22. The molecular formula is C8H8BeN2. The normalized spacial score (nSPS) is 9.09. The van der Waals surface area contributed by atoms with Crippen LogP contribution in [0.5, 0.6) is 0 Å². The van der Waals surface area contributed by atoms with Crippen LogP contribution in [0.25, 0.3) is 11.0 Å². The summed E-state index contributed by atoms with van der Waals surface area (Å²) in [6.45, 7) is 0. The smallest absolute Gasteiger partial charge is 0.0886 e. The van der Waals surface area contributed by atoms with E-state index in [-0.39, 0.29) is 10.1 Å². The van der Waals surface area contributed by atoms with E-state index in [2.05, 4.69) is 9.97 Å². The molecule has 2 nitrogen and oxygen atoms in total. The van der Waals surface area contributed by atoms with Gasteiger partial charge in [0.15, 0.2) is 0 Å². The molecule has 0 unspecified atom stereocenters. The number of benzene rings is 1. The molecule has 0 N–H and O–H groups in total. The van der Waals surface area contributed by atoms with E-state index in [4.69, 9.17) is 0 Å². The van der Waals surface area contributed by atoms with Gasteiger partial charge in [0.05, 0.1) is 11.0 Å². The van der Waals surface area contributed by atoms with Crippen LogP contribution in [0.3, 0.4) is 0 Å². The zero-order valence-electron chi connectivity index (χ0n) is 5.36. The van der Waals surface area contributed by atoms with Crippen LogP contribution in [0.4, 0.5) is 0 Å². The van der Waals surface area contributed by atoms with Crippen LogP contribution in [0.1, 0.15) is 0 Å². The summed E-state index contributed by atoms with van der Waals surface area (Å²) >= 11 is 0. The van der Waals surface area contributed by atoms with Gasteiger partial charge in [0.25, 0.3) is 0 Å². The summed E-state index contributed by atoms with van der Waals surface area (Å²) in [7, 11) is 0. The van der Waals surface area contributed by atoms with Crippen molar-refractivity contribution in [2.24, 2.45) is 0 Å². The van der Waals surface area contributed by atoms with Crippen molar-refractivity contribution in [1.82, 2.24) is 9.97 Å². The fourth-order valence-electron chi connectivity index (χ4n) is 0.910. The van der Waals surface area contributed by atoms with Gasteiger partial charge >= 0.3 is 10.1 Å². The summed E-state index contributed by atoms with van der Waals surface area (Å²) in [5.74, 6) is 0. The van der Waals surface area contributed by atoms with Crippen LogP contribution in [0.15, 0.2) is 36.7 Å². The van der Waals surface area contributed by atoms with Crippen LogP contribution in [-0.4, -0.2) is 20.1 Å². The second-order valence-corrected chi connectivity index (χ2v) is 2.05. The minimum atomic E-state index is 0. The molecule has 0 amide bonds. The molecule has 0 fully saturated rings. The number of fused-ring (bicyclic) bond motifs is 1. The van der Waals surface area contributed by atoms with Gasteiger partial charge in [-0.15, -0.1) is 0 Å². The van der Waals surface area contributed by atoms with E-state index in [0.717, 1.165) is 11.0 Å². The largest absolute Gasteiger partial charge is 0.253 e. The third kappa shape index (κ3) is 1.41. The molecule has 0 atom stereocenters. The molecule has 2 rings (SSSR count). The molecule has 2 aromatic rings. The minimum Gasteiger partial charge on any atom is -0.253 e. The molecule has 1 heterocycles. The third-order valence-electron chi connectivity index (χ3n) is 1.38. The Bertz CT molecular complexity index is 283. The Balaban J connectivity index is 0.000000605. The topological polar surface area (TPSA) is 25.8 Å². The van der Waals surface area contributed by atoms with E-state index in [1.54, 1.807) is 12.4 Å². The molecule has 0 saturated heterocycles. The predicted molar refractivity (Wildman–Crippen MR) is 48.1 cm³/mol. The van der Waals surface area contributed by atoms with E-state index in [0.29, 0.717) is 0 Å². The fraction of sp³-hybridized carbons (Fsp3) is 0. The van der Waals surface area contributed by atoms with Gasteiger partial charge in [-0.25, -0.2) is 0 Å². The molecule has 0 aliphatic heterocycles. The Morgan fingerprint density at radius 1 is 0.818 bits per heavy atom. The second-order valence-electron chi connectivity index (χ2n) is 2.05. The molecule has 1 aromatic carbocycles. The SMILES string of the molecule is [BeH2].c1ccc2nccnc2c1. The Morgan fingerprint density at radius 2 is 1.27 bits per heavy atom. The van der Waals surface area contributed by atoms with Gasteiger partial charge in [-0.05, 0) is 12.1 Å². The zero-order chi connectivity index (χ0) is 6.81. The number of aromatic nitrogens is 2. The van der Waals surface area contributed by atoms with Crippen LogP contribution in [-0.2, 0) is 0 Å². The Morgan fingerprint density at radius 3 is 1.73 bits per heavy atom. The number of rotatable bonds is 0. The van der Waals surface area contributed by atoms with Crippen molar-refractivity contribution in [3.8, 4) is 0 Å². The van der Waals surface area contributed by atoms with Crippen LogP contribution < -0.4 is 0 Å². The fourth-order valence-corrected chi connectivity index (χ4v) is 0.910. The minimum absolute atomic E-state index is 0. The van der Waals surface area contributed by atoms with Crippen molar-refractivity contribution in [2.45, 2.75) is 0 Å². The first-order valence-corrected chi connectivity index (χ1v) is 3.12. The van der Waals surface area contributed by atoms with E-state index in [1.807, 2.05) is 24.3 Å². The van der Waals surface area contributed by atoms with Gasteiger partial charge in [-0.3, -0.25) is 9.97 Å². The summed E-state index contributed by atoms with van der Waals surface area (Å²) in [6.07, 6.45) is 3.39. The van der Waals surface area contributed by atoms with Crippen molar-refractivity contribution in [3.05, 3.63) is 36.7 Å². The maximum atomic E-state index is 4.12. The van der Waals surface area contributed by atoms with Crippen LogP contribution >= 0.6 is 0 Å². The van der Waals surface area contributed by atoms with Gasteiger partial charge in [-0.1, -0.05) is 12.1 Å². The molecule has 52 valence electrons. The van der Waals surface area contributed by atoms with Gasteiger partial charge in [0, 0.05) is 12.4 Å². The van der Waals surface area contributed by atoms with E-state index in [1.165, 1.54) is 0 Å². The first kappa shape index (κ1) is 7.83. The molecule has 0 radical (unpaired) electrons. The molecule has 11 heavy (non-hydrogen) atoms. The zero-order valence-corrected chi connectivity index (χ0v) is 5.36. The summed E-state index contributed by atoms with van der Waals surface area (Å²) in [6, 6.07) is 7.80. The molecule has 0 aliphatic carbocycles. The summed E-state index contributed by atoms with van der Waals surface area (Å²) in [5.41, 5.74) is 1.90. The van der Waals surface area contributed by atoms with Crippen molar-refractivity contribution >= 4 is 21.2 Å². The number of nitrogens with zero attached hydrogens (tertiary/aromatic N) is 2. The van der Waals surface area contributed by atoms with Crippen molar-refractivity contribution in [1.29, 1.82) is 0 Å². The van der Waals surface area contributed by atoms with Gasteiger partial charge < -0.3 is 0 Å². The van der Waals surface area contributed by atoms with Gasteiger partial charge in [0.1, 0.15) is 0 Å². The summed E-state index contributed by atoms with van der Waals surface area (Å²) in [4.78, 5) is 8.24. The van der Waals surface area contributed by atoms with Gasteiger partial charge in [-0.2, -0.15) is 0 Å². The summed E-state index contributed by atoms with van der Waals surface area (Å²) < 4.78 is 0. The molecule has 0 spiro atoms. The Kier molecular flexibility index (Phi) is 2.29. The van der Waals surface area contributed by atoms with Crippen LogP contribution in [0.2, 0.25) is 0 Å². The van der Waals surface area contributed by atoms with Crippen molar-refractivity contribution in [3.63, 3.8) is 0 Å². The number of para-hydroxylation sites is 2. The number of hydrogen-bond donors (Lipinski definition) is 0. The molecule has 0 bridgehead atoms. The molecule has 0 saturated carbocycles. The monoisotopic (exact) mass is 141 g/mol. The molecule has 1 aromatic heterocycles. The van der Waals surface area contributed by atoms with Gasteiger partial charge in [0.2, 0.25) is 0 Å². The standard InChI is InChI=1S/C8H6N2.Be.2H/c1-2-4-8-7(3-1)9-5-6-10-8;;;/h1-6H;;;. The maximum absolute atomic E-state index is 4.12. The quantitative estimate of drug-likeness (QED) is 0.505.